The molecule has 2 aliphatic heterocycles. The number of hydrogen-bond donors (Lipinski definition) is 0. The first kappa shape index (κ1) is 20.7. The largest absolute Gasteiger partial charge is 0.378 e. The van der Waals surface area contributed by atoms with Crippen molar-refractivity contribution in [2.75, 3.05) is 29.0 Å². The third-order valence-electron chi connectivity index (χ3n) is 5.97. The van der Waals surface area contributed by atoms with Gasteiger partial charge in [-0.3, -0.25) is 14.4 Å². The van der Waals surface area contributed by atoms with E-state index in [-0.39, 0.29) is 11.8 Å². The highest BCUT2D eigenvalue weighted by atomic mass is 79.9. The Kier molecular flexibility index (Phi) is 5.23. The molecular weight excluding hydrogens is 470 g/mol. The number of hydrogen-bond acceptors (Lipinski definition) is 5. The van der Waals surface area contributed by atoms with Crippen LogP contribution in [0.1, 0.15) is 11.6 Å². The first-order valence-electron chi connectivity index (χ1n) is 10.4. The van der Waals surface area contributed by atoms with Crippen molar-refractivity contribution in [2.45, 2.75) is 12.1 Å². The Labute approximate surface area is 195 Å². The summed E-state index contributed by atoms with van der Waals surface area (Å²) in [6, 6.07) is 24.4. The fourth-order valence-corrected chi connectivity index (χ4v) is 4.85. The molecule has 6 nitrogen and oxygen atoms in total. The van der Waals surface area contributed by atoms with Gasteiger partial charge >= 0.3 is 0 Å². The highest BCUT2D eigenvalue weighted by Gasteiger charge is 2.60. The van der Waals surface area contributed by atoms with E-state index < -0.39 is 18.1 Å². The Morgan fingerprint density at radius 1 is 0.844 bits per heavy atom. The SMILES string of the molecule is CN(C)c1ccc([C@H]2[C@@H]3C(=O)N(c4ccccc4Br)C(=O)[C@H]3ON2c2ccccc2)cc1. The molecule has 0 aromatic heterocycles. The van der Waals surface area contributed by atoms with E-state index in [0.717, 1.165) is 16.9 Å². The predicted octanol–water partition coefficient (Wildman–Crippen LogP) is 4.57. The van der Waals surface area contributed by atoms with Crippen molar-refractivity contribution in [3.63, 3.8) is 0 Å². The Bertz CT molecular complexity index is 1170. The van der Waals surface area contributed by atoms with E-state index in [2.05, 4.69) is 15.9 Å². The maximum atomic E-state index is 13.7. The summed E-state index contributed by atoms with van der Waals surface area (Å²) in [6.45, 7) is 0. The molecule has 2 heterocycles. The Hall–Kier alpha value is -3.16. The average Bonchev–Trinajstić information content (AvgIpc) is 3.31. The fourth-order valence-electron chi connectivity index (χ4n) is 4.39. The number of carbonyl (C=O) groups is 2. The van der Waals surface area contributed by atoms with Crippen LogP contribution < -0.4 is 14.9 Å². The second kappa shape index (κ2) is 8.07. The lowest BCUT2D eigenvalue weighted by molar-refractivity contribution is -0.126. The number of amides is 2. The molecule has 162 valence electrons. The normalized spacial score (nSPS) is 22.4. The number of benzene rings is 3. The molecule has 2 saturated heterocycles. The number of para-hydroxylation sites is 2. The average molecular weight is 492 g/mol. The molecule has 0 radical (unpaired) electrons. The predicted molar refractivity (Wildman–Crippen MR) is 127 cm³/mol. The van der Waals surface area contributed by atoms with E-state index in [4.69, 9.17) is 4.84 Å². The molecule has 3 aromatic carbocycles. The number of imide groups is 1. The molecule has 0 unspecified atom stereocenters. The molecular formula is C25H22BrN3O3. The fraction of sp³-hybridized carbons (Fsp3) is 0.200. The monoisotopic (exact) mass is 491 g/mol. The third kappa shape index (κ3) is 3.29. The van der Waals surface area contributed by atoms with Gasteiger partial charge in [0.05, 0.1) is 17.4 Å². The minimum absolute atomic E-state index is 0.257. The molecule has 0 bridgehead atoms. The van der Waals surface area contributed by atoms with Crippen LogP contribution in [0.15, 0.2) is 83.3 Å². The molecule has 2 amide bonds. The number of hydroxylamine groups is 1. The van der Waals surface area contributed by atoms with Crippen LogP contribution in [0.25, 0.3) is 0 Å². The zero-order valence-electron chi connectivity index (χ0n) is 17.7. The van der Waals surface area contributed by atoms with Gasteiger partial charge in [-0.1, -0.05) is 42.5 Å². The quantitative estimate of drug-likeness (QED) is 0.500. The Balaban J connectivity index is 1.58. The lowest BCUT2D eigenvalue weighted by Gasteiger charge is -2.29. The van der Waals surface area contributed by atoms with Gasteiger partial charge in [0, 0.05) is 24.3 Å². The van der Waals surface area contributed by atoms with Gasteiger partial charge in [0.2, 0.25) is 5.91 Å². The standard InChI is InChI=1S/C25H22BrN3O3/c1-27(2)17-14-12-16(13-15-17)22-21-23(32-29(22)18-8-4-3-5-9-18)25(31)28(24(21)30)20-11-7-6-10-19(20)26/h3-15,21-23H,1-2H3/t21-,22-,23-/m0/s1. The number of rotatable bonds is 4. The summed E-state index contributed by atoms with van der Waals surface area (Å²) in [4.78, 5) is 36.5. The molecule has 0 N–H and O–H groups in total. The summed E-state index contributed by atoms with van der Waals surface area (Å²) in [6.07, 6.45) is -0.881. The number of nitrogens with zero attached hydrogens (tertiary/aromatic N) is 3. The van der Waals surface area contributed by atoms with E-state index in [9.17, 15) is 9.59 Å². The smallest absolute Gasteiger partial charge is 0.266 e. The molecule has 2 aliphatic rings. The van der Waals surface area contributed by atoms with Crippen molar-refractivity contribution in [1.29, 1.82) is 0 Å². The molecule has 2 fully saturated rings. The van der Waals surface area contributed by atoms with Crippen molar-refractivity contribution >= 4 is 44.8 Å². The molecule has 5 rings (SSSR count). The minimum Gasteiger partial charge on any atom is -0.378 e. The van der Waals surface area contributed by atoms with Crippen molar-refractivity contribution in [3.8, 4) is 0 Å². The highest BCUT2D eigenvalue weighted by molar-refractivity contribution is 9.10. The van der Waals surface area contributed by atoms with Crippen molar-refractivity contribution in [1.82, 2.24) is 0 Å². The van der Waals surface area contributed by atoms with Crippen molar-refractivity contribution < 1.29 is 14.4 Å². The Morgan fingerprint density at radius 3 is 2.16 bits per heavy atom. The minimum atomic E-state index is -0.881. The highest BCUT2D eigenvalue weighted by Crippen LogP contribution is 2.48. The summed E-state index contributed by atoms with van der Waals surface area (Å²) in [5, 5.41) is 1.72. The number of fused-ring (bicyclic) bond motifs is 1. The van der Waals surface area contributed by atoms with E-state index in [1.807, 2.05) is 91.8 Å². The topological polar surface area (TPSA) is 53.1 Å². The van der Waals surface area contributed by atoms with Crippen LogP contribution in [0.3, 0.4) is 0 Å². The van der Waals surface area contributed by atoms with Crippen LogP contribution in [-0.4, -0.2) is 32.0 Å². The second-order valence-corrected chi connectivity index (χ2v) is 8.96. The summed E-state index contributed by atoms with van der Waals surface area (Å²) in [5.41, 5.74) is 3.31. The van der Waals surface area contributed by atoms with Gasteiger partial charge < -0.3 is 4.90 Å². The zero-order valence-corrected chi connectivity index (χ0v) is 19.3. The Morgan fingerprint density at radius 2 is 1.50 bits per heavy atom. The lowest BCUT2D eigenvalue weighted by Crippen LogP contribution is -2.37. The number of halogens is 1. The van der Waals surface area contributed by atoms with E-state index >= 15 is 0 Å². The van der Waals surface area contributed by atoms with Crippen LogP contribution in [0.2, 0.25) is 0 Å². The molecule has 3 atom stereocenters. The van der Waals surface area contributed by atoms with Crippen LogP contribution >= 0.6 is 15.9 Å². The first-order chi connectivity index (χ1) is 15.5. The lowest BCUT2D eigenvalue weighted by atomic mass is 9.90. The van der Waals surface area contributed by atoms with E-state index in [1.165, 1.54) is 4.90 Å². The van der Waals surface area contributed by atoms with Crippen LogP contribution in [-0.2, 0) is 14.4 Å². The molecule has 3 aromatic rings. The van der Waals surface area contributed by atoms with E-state index in [0.29, 0.717) is 10.2 Å². The van der Waals surface area contributed by atoms with Gasteiger partial charge in [0.1, 0.15) is 5.92 Å². The van der Waals surface area contributed by atoms with Gasteiger partial charge in [0.25, 0.3) is 5.91 Å². The summed E-state index contributed by atoms with van der Waals surface area (Å²) in [7, 11) is 3.96. The van der Waals surface area contributed by atoms with Crippen molar-refractivity contribution in [2.24, 2.45) is 5.92 Å². The summed E-state index contributed by atoms with van der Waals surface area (Å²) < 4.78 is 0.688. The van der Waals surface area contributed by atoms with Gasteiger partial charge in [0.15, 0.2) is 6.10 Å². The number of anilines is 3. The zero-order chi connectivity index (χ0) is 22.4. The molecule has 0 aliphatic carbocycles. The maximum absolute atomic E-state index is 13.7. The summed E-state index contributed by atoms with van der Waals surface area (Å²) in [5.74, 6) is -1.26. The van der Waals surface area contributed by atoms with Crippen molar-refractivity contribution in [3.05, 3.63) is 88.9 Å². The molecule has 0 spiro atoms. The van der Waals surface area contributed by atoms with Crippen LogP contribution in [0, 0.1) is 5.92 Å². The van der Waals surface area contributed by atoms with Gasteiger partial charge in [-0.2, -0.15) is 0 Å². The summed E-state index contributed by atoms with van der Waals surface area (Å²) >= 11 is 3.47. The molecule has 32 heavy (non-hydrogen) atoms. The van der Waals surface area contributed by atoms with E-state index in [1.54, 1.807) is 11.1 Å². The van der Waals surface area contributed by atoms with Gasteiger partial charge in [-0.25, -0.2) is 9.96 Å². The third-order valence-corrected chi connectivity index (χ3v) is 6.64. The number of carbonyl (C=O) groups excluding carboxylic acids is 2. The van der Waals surface area contributed by atoms with Gasteiger partial charge in [-0.15, -0.1) is 0 Å². The first-order valence-corrected chi connectivity index (χ1v) is 11.2. The van der Waals surface area contributed by atoms with Gasteiger partial charge in [-0.05, 0) is 57.9 Å². The molecule has 7 heteroatoms. The van der Waals surface area contributed by atoms with Crippen LogP contribution in [0.5, 0.6) is 0 Å². The van der Waals surface area contributed by atoms with Crippen LogP contribution in [0.4, 0.5) is 17.1 Å². The molecule has 0 saturated carbocycles. The second-order valence-electron chi connectivity index (χ2n) is 8.11. The maximum Gasteiger partial charge on any atom is 0.266 e.